The molecule has 10 heteroatoms. The number of hydrazine groups is 1. The van der Waals surface area contributed by atoms with Crippen molar-refractivity contribution in [3.63, 3.8) is 0 Å². The quantitative estimate of drug-likeness (QED) is 0.421. The normalized spacial score (nSPS) is 14.8. The number of benzene rings is 1. The van der Waals surface area contributed by atoms with Crippen molar-refractivity contribution in [2.45, 2.75) is 20.8 Å². The van der Waals surface area contributed by atoms with E-state index in [4.69, 9.17) is 16.0 Å². The van der Waals surface area contributed by atoms with Crippen LogP contribution in [0.2, 0.25) is 0 Å². The topological polar surface area (TPSA) is 142 Å². The second kappa shape index (κ2) is 9.64. The average molecular weight is 475 g/mol. The fourth-order valence-corrected chi connectivity index (χ4v) is 4.04. The Balaban J connectivity index is 1.44. The Morgan fingerprint density at radius 1 is 1.26 bits per heavy atom. The zero-order valence-corrected chi connectivity index (χ0v) is 20.2. The summed E-state index contributed by atoms with van der Waals surface area (Å²) in [6.45, 7) is 8.98. The monoisotopic (exact) mass is 474 g/mol. The molecule has 0 radical (unpaired) electrons. The zero-order chi connectivity index (χ0) is 25.2. The third-order valence-corrected chi connectivity index (χ3v) is 5.65. The fraction of sp³-hybridized carbons (Fsp3) is 0.360. The van der Waals surface area contributed by atoms with Crippen LogP contribution in [0.15, 0.2) is 47.1 Å². The van der Waals surface area contributed by atoms with Gasteiger partial charge < -0.3 is 25.0 Å². The molecule has 2 aromatic heterocycles. The molecule has 1 saturated heterocycles. The number of rotatable bonds is 5. The molecule has 0 bridgehead atoms. The Labute approximate surface area is 204 Å². The van der Waals surface area contributed by atoms with E-state index in [2.05, 4.69) is 36.8 Å². The second-order valence-electron chi connectivity index (χ2n) is 9.79. The Morgan fingerprint density at radius 3 is 2.66 bits per heavy atom. The van der Waals surface area contributed by atoms with E-state index in [9.17, 15) is 10.1 Å². The number of hydrogen-bond donors (Lipinski definition) is 2. The van der Waals surface area contributed by atoms with Gasteiger partial charge in [0.25, 0.3) is 11.9 Å². The van der Waals surface area contributed by atoms with Crippen molar-refractivity contribution in [2.75, 3.05) is 37.6 Å². The number of aromatic nitrogens is 2. The van der Waals surface area contributed by atoms with Gasteiger partial charge in [0.1, 0.15) is 0 Å². The van der Waals surface area contributed by atoms with Crippen molar-refractivity contribution in [1.82, 2.24) is 19.9 Å². The van der Waals surface area contributed by atoms with Crippen molar-refractivity contribution >= 4 is 28.8 Å². The van der Waals surface area contributed by atoms with Crippen LogP contribution in [0.5, 0.6) is 0 Å². The molecule has 1 aromatic carbocycles. The predicted molar refractivity (Wildman–Crippen MR) is 134 cm³/mol. The first-order valence-electron chi connectivity index (χ1n) is 11.4. The van der Waals surface area contributed by atoms with Crippen LogP contribution >= 0.6 is 0 Å². The van der Waals surface area contributed by atoms with Crippen LogP contribution in [-0.4, -0.2) is 58.5 Å². The van der Waals surface area contributed by atoms with Crippen molar-refractivity contribution in [1.29, 1.82) is 5.26 Å². The average Bonchev–Trinajstić information content (AvgIpc) is 3.26. The number of pyridine rings is 1. The van der Waals surface area contributed by atoms with E-state index >= 15 is 0 Å². The van der Waals surface area contributed by atoms with Gasteiger partial charge in [-0.25, -0.2) is 10.8 Å². The molecule has 3 heterocycles. The van der Waals surface area contributed by atoms with E-state index in [1.807, 2.05) is 11.0 Å². The third-order valence-electron chi connectivity index (χ3n) is 5.65. The van der Waals surface area contributed by atoms with Gasteiger partial charge in [-0.05, 0) is 29.7 Å². The molecule has 1 aliphatic heterocycles. The van der Waals surface area contributed by atoms with Gasteiger partial charge in [-0.1, -0.05) is 26.8 Å². The Hall–Kier alpha value is -4.10. The molecule has 182 valence electrons. The molecule has 1 amide bonds. The molecule has 1 aliphatic rings. The number of piperazine rings is 1. The molecule has 4 rings (SSSR count). The van der Waals surface area contributed by atoms with E-state index in [1.165, 1.54) is 5.01 Å². The summed E-state index contributed by atoms with van der Waals surface area (Å²) in [6.07, 6.45) is 3.29. The molecule has 0 aliphatic carbocycles. The minimum absolute atomic E-state index is 0.0127. The predicted octanol–water partition coefficient (Wildman–Crippen LogP) is 2.54. The minimum atomic E-state index is -0.136. The van der Waals surface area contributed by atoms with Gasteiger partial charge in [-0.2, -0.15) is 10.2 Å². The van der Waals surface area contributed by atoms with Crippen LogP contribution < -0.4 is 16.5 Å². The molecule has 4 N–H and O–H groups in total. The number of anilines is 1. The third kappa shape index (κ3) is 5.53. The summed E-state index contributed by atoms with van der Waals surface area (Å²) in [5, 5.41) is 11.2. The summed E-state index contributed by atoms with van der Waals surface area (Å²) in [4.78, 5) is 25.5. The Bertz CT molecular complexity index is 1260. The van der Waals surface area contributed by atoms with Crippen molar-refractivity contribution < 1.29 is 9.21 Å². The van der Waals surface area contributed by atoms with Gasteiger partial charge in [-0.15, -0.1) is 0 Å². The first-order chi connectivity index (χ1) is 16.6. The maximum atomic E-state index is 13.1. The van der Waals surface area contributed by atoms with Crippen LogP contribution in [0.1, 0.15) is 42.3 Å². The molecular weight excluding hydrogens is 444 g/mol. The maximum Gasteiger partial charge on any atom is 0.300 e. The summed E-state index contributed by atoms with van der Waals surface area (Å²) in [5.74, 6) is 5.92. The van der Waals surface area contributed by atoms with Crippen LogP contribution in [0.4, 0.5) is 6.01 Å². The SMILES string of the molecule is CC(C)(C)CN(N)/C=C(\N)c1ccc(C(=O)N2CCN(c3nc4ncccc4o3)CC2)cc1C#N. The summed E-state index contributed by atoms with van der Waals surface area (Å²) in [5.41, 5.74) is 9.09. The lowest BCUT2D eigenvalue weighted by Crippen LogP contribution is -2.49. The van der Waals surface area contributed by atoms with Gasteiger partial charge in [0, 0.05) is 56.2 Å². The molecule has 10 nitrogen and oxygen atoms in total. The van der Waals surface area contributed by atoms with E-state index in [0.717, 1.165) is 0 Å². The van der Waals surface area contributed by atoms with Crippen molar-refractivity contribution in [3.05, 3.63) is 59.4 Å². The number of nitrogens with two attached hydrogens (primary N) is 2. The number of fused-ring (bicyclic) bond motifs is 1. The molecule has 0 spiro atoms. The van der Waals surface area contributed by atoms with Gasteiger partial charge in [-0.3, -0.25) is 4.79 Å². The van der Waals surface area contributed by atoms with Crippen molar-refractivity contribution in [3.8, 4) is 6.07 Å². The lowest BCUT2D eigenvalue weighted by molar-refractivity contribution is 0.0745. The summed E-state index contributed by atoms with van der Waals surface area (Å²) < 4.78 is 5.79. The highest BCUT2D eigenvalue weighted by atomic mass is 16.4. The highest BCUT2D eigenvalue weighted by Gasteiger charge is 2.25. The number of nitrogens with zero attached hydrogens (tertiary/aromatic N) is 6. The zero-order valence-electron chi connectivity index (χ0n) is 20.2. The molecule has 0 unspecified atom stereocenters. The van der Waals surface area contributed by atoms with Gasteiger partial charge in [0.2, 0.25) is 5.65 Å². The molecule has 0 saturated carbocycles. The molecule has 0 atom stereocenters. The van der Waals surface area contributed by atoms with E-state index in [1.54, 1.807) is 41.6 Å². The Morgan fingerprint density at radius 2 is 2.00 bits per heavy atom. The first kappa shape index (κ1) is 24.0. The number of oxazole rings is 1. The number of carbonyl (C=O) groups is 1. The van der Waals surface area contributed by atoms with Crippen LogP contribution in [0, 0.1) is 16.7 Å². The summed E-state index contributed by atoms with van der Waals surface area (Å²) in [7, 11) is 0. The lowest BCUT2D eigenvalue weighted by atomic mass is 9.97. The highest BCUT2D eigenvalue weighted by molar-refractivity contribution is 5.95. The van der Waals surface area contributed by atoms with E-state index < -0.39 is 0 Å². The smallest absolute Gasteiger partial charge is 0.300 e. The van der Waals surface area contributed by atoms with E-state index in [0.29, 0.717) is 72.4 Å². The summed E-state index contributed by atoms with van der Waals surface area (Å²) in [6, 6.07) is 11.3. The highest BCUT2D eigenvalue weighted by Crippen LogP contribution is 2.23. The summed E-state index contributed by atoms with van der Waals surface area (Å²) >= 11 is 0. The number of nitriles is 1. The second-order valence-corrected chi connectivity index (χ2v) is 9.79. The molecular formula is C25H30N8O2. The molecule has 3 aromatic rings. The molecule has 1 fully saturated rings. The number of hydrogen-bond acceptors (Lipinski definition) is 9. The lowest BCUT2D eigenvalue weighted by Gasteiger charge is -2.33. The first-order valence-corrected chi connectivity index (χ1v) is 11.4. The Kier molecular flexibility index (Phi) is 6.62. The van der Waals surface area contributed by atoms with Gasteiger partial charge >= 0.3 is 0 Å². The van der Waals surface area contributed by atoms with Crippen LogP contribution in [0.3, 0.4) is 0 Å². The molecule has 35 heavy (non-hydrogen) atoms. The van der Waals surface area contributed by atoms with Gasteiger partial charge in [0.15, 0.2) is 5.58 Å². The van der Waals surface area contributed by atoms with Crippen molar-refractivity contribution in [2.24, 2.45) is 17.0 Å². The largest absolute Gasteiger partial charge is 0.422 e. The van der Waals surface area contributed by atoms with Crippen LogP contribution in [-0.2, 0) is 0 Å². The standard InChI is InChI=1S/C25H30N8O2/c1-25(2,3)16-33(28)15-20(27)19-7-6-17(13-18(19)14-26)23(34)31-9-11-32(12-10-31)24-30-22-21(35-24)5-4-8-29-22/h4-8,13,15H,9-12,16,27-28H2,1-3H3/b20-15-. The fourth-order valence-electron chi connectivity index (χ4n) is 4.04. The van der Waals surface area contributed by atoms with Crippen LogP contribution in [0.25, 0.3) is 16.9 Å². The van der Waals surface area contributed by atoms with Gasteiger partial charge in [0.05, 0.1) is 17.3 Å². The van der Waals surface area contributed by atoms with E-state index in [-0.39, 0.29) is 11.3 Å². The minimum Gasteiger partial charge on any atom is -0.422 e. The maximum absolute atomic E-state index is 13.1. The number of amides is 1. The number of carbonyl (C=O) groups excluding carboxylic acids is 1.